The van der Waals surface area contributed by atoms with E-state index >= 15 is 0 Å². The molecule has 0 bridgehead atoms. The van der Waals surface area contributed by atoms with E-state index in [0.29, 0.717) is 12.5 Å². The fourth-order valence-corrected chi connectivity index (χ4v) is 3.04. The SMILES string of the molecule is NCC1CCN(CC(=O)NC(=O)NC2CCCC2)CC1. The van der Waals surface area contributed by atoms with Gasteiger partial charge in [0, 0.05) is 6.04 Å². The average Bonchev–Trinajstić information content (AvgIpc) is 2.92. The van der Waals surface area contributed by atoms with E-state index in [1.165, 1.54) is 0 Å². The summed E-state index contributed by atoms with van der Waals surface area (Å²) in [5.41, 5.74) is 5.64. The molecule has 6 heteroatoms. The number of rotatable bonds is 4. The Labute approximate surface area is 120 Å². The van der Waals surface area contributed by atoms with Crippen LogP contribution in [0.2, 0.25) is 0 Å². The van der Waals surface area contributed by atoms with Crippen LogP contribution in [0.1, 0.15) is 38.5 Å². The van der Waals surface area contributed by atoms with Crippen LogP contribution in [0.15, 0.2) is 0 Å². The standard InChI is InChI=1S/C14H26N4O2/c15-9-11-5-7-18(8-6-11)10-13(19)17-14(20)16-12-3-1-2-4-12/h11-12H,1-10,15H2,(H2,16,17,19,20). The highest BCUT2D eigenvalue weighted by molar-refractivity contribution is 5.95. The number of imide groups is 1. The third-order valence-corrected chi connectivity index (χ3v) is 4.35. The van der Waals surface area contributed by atoms with E-state index < -0.39 is 0 Å². The molecule has 1 heterocycles. The number of likely N-dealkylation sites (tertiary alicyclic amines) is 1. The zero-order valence-electron chi connectivity index (χ0n) is 12.1. The lowest BCUT2D eigenvalue weighted by atomic mass is 9.97. The van der Waals surface area contributed by atoms with Crippen LogP contribution in [0.4, 0.5) is 4.79 Å². The Balaban J connectivity index is 1.63. The predicted molar refractivity (Wildman–Crippen MR) is 77.1 cm³/mol. The maximum Gasteiger partial charge on any atom is 0.321 e. The van der Waals surface area contributed by atoms with E-state index in [2.05, 4.69) is 15.5 Å². The van der Waals surface area contributed by atoms with Crippen molar-refractivity contribution < 1.29 is 9.59 Å². The summed E-state index contributed by atoms with van der Waals surface area (Å²) in [5.74, 6) is 0.367. The van der Waals surface area contributed by atoms with Gasteiger partial charge >= 0.3 is 6.03 Å². The van der Waals surface area contributed by atoms with Crippen LogP contribution >= 0.6 is 0 Å². The van der Waals surface area contributed by atoms with Crippen molar-refractivity contribution in [2.45, 2.75) is 44.6 Å². The van der Waals surface area contributed by atoms with Crippen molar-refractivity contribution in [3.8, 4) is 0 Å². The number of amides is 3. The number of urea groups is 1. The van der Waals surface area contributed by atoms with Crippen molar-refractivity contribution in [1.29, 1.82) is 0 Å². The Kier molecular flexibility index (Phi) is 5.79. The van der Waals surface area contributed by atoms with E-state index in [9.17, 15) is 9.59 Å². The first kappa shape index (κ1) is 15.3. The van der Waals surface area contributed by atoms with Crippen LogP contribution in [0.5, 0.6) is 0 Å². The summed E-state index contributed by atoms with van der Waals surface area (Å²) >= 11 is 0. The number of nitrogens with one attached hydrogen (secondary N) is 2. The van der Waals surface area contributed by atoms with Crippen LogP contribution in [0.25, 0.3) is 0 Å². The molecule has 0 aromatic carbocycles. The summed E-state index contributed by atoms with van der Waals surface area (Å²) < 4.78 is 0. The number of piperidine rings is 1. The highest BCUT2D eigenvalue weighted by atomic mass is 16.2. The van der Waals surface area contributed by atoms with Gasteiger partial charge in [0.25, 0.3) is 0 Å². The number of carbonyl (C=O) groups excluding carboxylic acids is 2. The molecule has 114 valence electrons. The largest absolute Gasteiger partial charge is 0.335 e. The molecule has 20 heavy (non-hydrogen) atoms. The van der Waals surface area contributed by atoms with Crippen molar-refractivity contribution in [3.05, 3.63) is 0 Å². The van der Waals surface area contributed by atoms with Gasteiger partial charge in [-0.2, -0.15) is 0 Å². The number of carbonyl (C=O) groups is 2. The van der Waals surface area contributed by atoms with E-state index in [0.717, 1.165) is 58.2 Å². The second-order valence-electron chi connectivity index (χ2n) is 5.96. The van der Waals surface area contributed by atoms with Crippen molar-refractivity contribution >= 4 is 11.9 Å². The normalized spacial score (nSPS) is 21.9. The van der Waals surface area contributed by atoms with E-state index in [1.54, 1.807) is 0 Å². The molecule has 4 N–H and O–H groups in total. The summed E-state index contributed by atoms with van der Waals surface area (Å²) in [6.07, 6.45) is 6.45. The Bertz CT molecular complexity index is 334. The Morgan fingerprint density at radius 3 is 2.35 bits per heavy atom. The Hall–Kier alpha value is -1.14. The molecule has 1 saturated carbocycles. The summed E-state index contributed by atoms with van der Waals surface area (Å²) in [6, 6.07) is -0.109. The first-order valence-corrected chi connectivity index (χ1v) is 7.70. The van der Waals surface area contributed by atoms with Gasteiger partial charge in [0.1, 0.15) is 0 Å². The predicted octanol–water partition coefficient (Wildman–Crippen LogP) is 0.426. The summed E-state index contributed by atoms with van der Waals surface area (Å²) in [6.45, 7) is 2.80. The van der Waals surface area contributed by atoms with Gasteiger partial charge in [-0.05, 0) is 51.2 Å². The molecule has 0 radical (unpaired) electrons. The van der Waals surface area contributed by atoms with Gasteiger partial charge in [0.15, 0.2) is 0 Å². The van der Waals surface area contributed by atoms with E-state index in [4.69, 9.17) is 5.73 Å². The fraction of sp³-hybridized carbons (Fsp3) is 0.857. The van der Waals surface area contributed by atoms with Crippen molar-refractivity contribution in [1.82, 2.24) is 15.5 Å². The van der Waals surface area contributed by atoms with Gasteiger partial charge in [-0.3, -0.25) is 15.0 Å². The average molecular weight is 282 g/mol. The van der Waals surface area contributed by atoms with Gasteiger partial charge in [-0.15, -0.1) is 0 Å². The molecule has 1 aliphatic heterocycles. The summed E-state index contributed by atoms with van der Waals surface area (Å²) in [7, 11) is 0. The molecule has 2 aliphatic rings. The molecule has 1 saturated heterocycles. The molecule has 3 amide bonds. The smallest absolute Gasteiger partial charge is 0.321 e. The number of hydrogen-bond acceptors (Lipinski definition) is 4. The van der Waals surface area contributed by atoms with Crippen molar-refractivity contribution in [2.75, 3.05) is 26.2 Å². The maximum absolute atomic E-state index is 11.8. The quantitative estimate of drug-likeness (QED) is 0.697. The lowest BCUT2D eigenvalue weighted by molar-refractivity contribution is -0.121. The Morgan fingerprint density at radius 2 is 1.75 bits per heavy atom. The van der Waals surface area contributed by atoms with Crippen LogP contribution in [0, 0.1) is 5.92 Å². The number of hydrogen-bond donors (Lipinski definition) is 3. The van der Waals surface area contributed by atoms with Crippen LogP contribution in [-0.2, 0) is 4.79 Å². The minimum absolute atomic E-state index is 0.216. The van der Waals surface area contributed by atoms with Crippen LogP contribution in [0.3, 0.4) is 0 Å². The summed E-state index contributed by atoms with van der Waals surface area (Å²) in [4.78, 5) is 25.6. The van der Waals surface area contributed by atoms with Gasteiger partial charge < -0.3 is 11.1 Å². The molecule has 0 aromatic rings. The molecular weight excluding hydrogens is 256 g/mol. The molecule has 1 aliphatic carbocycles. The van der Waals surface area contributed by atoms with Crippen molar-refractivity contribution in [2.24, 2.45) is 11.7 Å². The van der Waals surface area contributed by atoms with Gasteiger partial charge in [-0.1, -0.05) is 12.8 Å². The Morgan fingerprint density at radius 1 is 1.10 bits per heavy atom. The minimum atomic E-state index is -0.348. The third-order valence-electron chi connectivity index (χ3n) is 4.35. The van der Waals surface area contributed by atoms with Gasteiger partial charge in [-0.25, -0.2) is 4.79 Å². The first-order chi connectivity index (χ1) is 9.67. The second kappa shape index (κ2) is 7.59. The fourth-order valence-electron chi connectivity index (χ4n) is 3.04. The van der Waals surface area contributed by atoms with Crippen LogP contribution < -0.4 is 16.4 Å². The highest BCUT2D eigenvalue weighted by Crippen LogP contribution is 2.17. The lowest BCUT2D eigenvalue weighted by Gasteiger charge is -2.30. The van der Waals surface area contributed by atoms with E-state index in [-0.39, 0.29) is 18.0 Å². The lowest BCUT2D eigenvalue weighted by Crippen LogP contribution is -2.48. The molecule has 2 fully saturated rings. The molecule has 0 unspecified atom stereocenters. The first-order valence-electron chi connectivity index (χ1n) is 7.70. The molecule has 0 aromatic heterocycles. The second-order valence-corrected chi connectivity index (χ2v) is 5.96. The highest BCUT2D eigenvalue weighted by Gasteiger charge is 2.22. The van der Waals surface area contributed by atoms with Gasteiger partial charge in [0.2, 0.25) is 5.91 Å². The van der Waals surface area contributed by atoms with Gasteiger partial charge in [0.05, 0.1) is 6.54 Å². The molecule has 2 rings (SSSR count). The molecule has 0 spiro atoms. The monoisotopic (exact) mass is 282 g/mol. The molecular formula is C14H26N4O2. The topological polar surface area (TPSA) is 87.5 Å². The zero-order valence-corrected chi connectivity index (χ0v) is 12.1. The van der Waals surface area contributed by atoms with Crippen LogP contribution in [-0.4, -0.2) is 49.1 Å². The van der Waals surface area contributed by atoms with Crippen molar-refractivity contribution in [3.63, 3.8) is 0 Å². The van der Waals surface area contributed by atoms with E-state index in [1.807, 2.05) is 0 Å². The number of nitrogens with two attached hydrogens (primary N) is 1. The number of nitrogens with zero attached hydrogens (tertiary/aromatic N) is 1. The zero-order chi connectivity index (χ0) is 14.4. The molecule has 0 atom stereocenters. The third kappa shape index (κ3) is 4.76. The molecule has 6 nitrogen and oxygen atoms in total. The maximum atomic E-state index is 11.8. The summed E-state index contributed by atoms with van der Waals surface area (Å²) in [5, 5.41) is 5.28. The minimum Gasteiger partial charge on any atom is -0.335 e.